The molecule has 1 rings (SSSR count). The molecule has 0 aliphatic heterocycles. The number of aromatic nitrogens is 2. The normalized spacial score (nSPS) is 13.1. The molecule has 1 heterocycles. The van der Waals surface area contributed by atoms with Gasteiger partial charge < -0.3 is 16.0 Å². The van der Waals surface area contributed by atoms with E-state index >= 15 is 0 Å². The highest BCUT2D eigenvalue weighted by molar-refractivity contribution is 5.35. The Kier molecular flexibility index (Phi) is 5.15. The van der Waals surface area contributed by atoms with Gasteiger partial charge in [0, 0.05) is 18.8 Å². The van der Waals surface area contributed by atoms with Crippen molar-refractivity contribution in [1.82, 2.24) is 14.9 Å². The molecule has 0 aliphatic rings. The SMILES string of the molecule is CC(C)CC(CN(C)C)Nc1nccc(N)n1. The van der Waals surface area contributed by atoms with E-state index < -0.39 is 0 Å². The Bertz CT molecular complexity index is 327. The first kappa shape index (κ1) is 13.7. The van der Waals surface area contributed by atoms with Crippen molar-refractivity contribution < 1.29 is 0 Å². The first-order valence-electron chi connectivity index (χ1n) is 5.97. The van der Waals surface area contributed by atoms with Crippen LogP contribution >= 0.6 is 0 Å². The lowest BCUT2D eigenvalue weighted by Crippen LogP contribution is -2.34. The van der Waals surface area contributed by atoms with Gasteiger partial charge in [0.25, 0.3) is 0 Å². The van der Waals surface area contributed by atoms with Crippen LogP contribution in [0, 0.1) is 5.92 Å². The molecule has 0 amide bonds. The summed E-state index contributed by atoms with van der Waals surface area (Å²) >= 11 is 0. The van der Waals surface area contributed by atoms with Crippen LogP contribution in [0.15, 0.2) is 12.3 Å². The molecule has 0 saturated carbocycles. The zero-order valence-electron chi connectivity index (χ0n) is 11.1. The van der Waals surface area contributed by atoms with Gasteiger partial charge >= 0.3 is 0 Å². The highest BCUT2D eigenvalue weighted by atomic mass is 15.2. The molecule has 0 radical (unpaired) electrons. The second-order valence-electron chi connectivity index (χ2n) is 5.04. The summed E-state index contributed by atoms with van der Waals surface area (Å²) in [4.78, 5) is 10.5. The van der Waals surface area contributed by atoms with Gasteiger partial charge in [0.15, 0.2) is 0 Å². The van der Waals surface area contributed by atoms with Crippen molar-refractivity contribution in [3.63, 3.8) is 0 Å². The molecule has 96 valence electrons. The Morgan fingerprint density at radius 1 is 1.41 bits per heavy atom. The van der Waals surface area contributed by atoms with E-state index in [-0.39, 0.29) is 0 Å². The van der Waals surface area contributed by atoms with E-state index in [2.05, 4.69) is 48.1 Å². The van der Waals surface area contributed by atoms with E-state index in [0.717, 1.165) is 13.0 Å². The van der Waals surface area contributed by atoms with Crippen molar-refractivity contribution in [3.05, 3.63) is 12.3 Å². The standard InChI is InChI=1S/C12H23N5/c1-9(2)7-10(8-17(3)4)15-12-14-6-5-11(13)16-12/h5-6,9-10H,7-8H2,1-4H3,(H3,13,14,15,16). The molecule has 1 aromatic heterocycles. The summed E-state index contributed by atoms with van der Waals surface area (Å²) in [6.45, 7) is 5.38. The number of anilines is 2. The second kappa shape index (κ2) is 6.39. The lowest BCUT2D eigenvalue weighted by Gasteiger charge is -2.23. The molecule has 1 unspecified atom stereocenters. The molecular weight excluding hydrogens is 214 g/mol. The molecule has 5 nitrogen and oxygen atoms in total. The van der Waals surface area contributed by atoms with E-state index in [1.165, 1.54) is 0 Å². The molecular formula is C12H23N5. The number of rotatable bonds is 6. The predicted molar refractivity (Wildman–Crippen MR) is 71.9 cm³/mol. The number of nitrogens with one attached hydrogen (secondary N) is 1. The zero-order valence-corrected chi connectivity index (χ0v) is 11.1. The number of nitrogen functional groups attached to an aromatic ring is 1. The summed E-state index contributed by atoms with van der Waals surface area (Å²) in [5.41, 5.74) is 5.64. The molecule has 0 saturated heterocycles. The van der Waals surface area contributed by atoms with Gasteiger partial charge in [0.05, 0.1) is 0 Å². The van der Waals surface area contributed by atoms with Crippen LogP contribution in [0.25, 0.3) is 0 Å². The monoisotopic (exact) mass is 237 g/mol. The van der Waals surface area contributed by atoms with E-state index in [9.17, 15) is 0 Å². The van der Waals surface area contributed by atoms with E-state index in [1.54, 1.807) is 12.3 Å². The van der Waals surface area contributed by atoms with Crippen LogP contribution in [-0.2, 0) is 0 Å². The molecule has 0 fully saturated rings. The van der Waals surface area contributed by atoms with E-state index in [1.807, 2.05) is 0 Å². The molecule has 0 aliphatic carbocycles. The summed E-state index contributed by atoms with van der Waals surface area (Å²) in [5.74, 6) is 1.74. The molecule has 0 spiro atoms. The Labute approximate surface area is 103 Å². The van der Waals surface area contributed by atoms with E-state index in [4.69, 9.17) is 5.73 Å². The van der Waals surface area contributed by atoms with Gasteiger partial charge in [0.2, 0.25) is 5.95 Å². The Morgan fingerprint density at radius 3 is 2.65 bits per heavy atom. The lowest BCUT2D eigenvalue weighted by molar-refractivity contribution is 0.355. The van der Waals surface area contributed by atoms with Crippen LogP contribution in [0.2, 0.25) is 0 Å². The summed E-state index contributed by atoms with van der Waals surface area (Å²) in [6.07, 6.45) is 2.75. The van der Waals surface area contributed by atoms with E-state index in [0.29, 0.717) is 23.7 Å². The highest BCUT2D eigenvalue weighted by Gasteiger charge is 2.13. The van der Waals surface area contributed by atoms with Gasteiger partial charge in [-0.25, -0.2) is 4.98 Å². The lowest BCUT2D eigenvalue weighted by atomic mass is 10.0. The molecule has 17 heavy (non-hydrogen) atoms. The maximum absolute atomic E-state index is 5.64. The zero-order chi connectivity index (χ0) is 12.8. The average Bonchev–Trinajstić information content (AvgIpc) is 2.14. The second-order valence-corrected chi connectivity index (χ2v) is 5.04. The van der Waals surface area contributed by atoms with Gasteiger partial charge in [-0.05, 0) is 32.5 Å². The number of hydrogen-bond acceptors (Lipinski definition) is 5. The molecule has 1 atom stereocenters. The largest absolute Gasteiger partial charge is 0.384 e. The number of nitrogens with zero attached hydrogens (tertiary/aromatic N) is 3. The number of nitrogens with two attached hydrogens (primary N) is 1. The third-order valence-electron chi connectivity index (χ3n) is 2.35. The van der Waals surface area contributed by atoms with Crippen LogP contribution in [0.4, 0.5) is 11.8 Å². The molecule has 3 N–H and O–H groups in total. The van der Waals surface area contributed by atoms with Crippen molar-refractivity contribution in [2.75, 3.05) is 31.7 Å². The van der Waals surface area contributed by atoms with Crippen molar-refractivity contribution in [2.24, 2.45) is 5.92 Å². The fraction of sp³-hybridized carbons (Fsp3) is 0.667. The minimum absolute atomic E-state index is 0.340. The van der Waals surface area contributed by atoms with Crippen LogP contribution in [-0.4, -0.2) is 41.5 Å². The third kappa shape index (κ3) is 5.49. The first-order valence-corrected chi connectivity index (χ1v) is 5.97. The Hall–Kier alpha value is -1.36. The smallest absolute Gasteiger partial charge is 0.224 e. The van der Waals surface area contributed by atoms with Gasteiger partial charge in [-0.15, -0.1) is 0 Å². The number of likely N-dealkylation sites (N-methyl/N-ethyl adjacent to an activating group) is 1. The van der Waals surface area contributed by atoms with Gasteiger partial charge in [-0.1, -0.05) is 13.8 Å². The summed E-state index contributed by atoms with van der Waals surface area (Å²) in [7, 11) is 4.13. The van der Waals surface area contributed by atoms with Crippen molar-refractivity contribution in [1.29, 1.82) is 0 Å². The first-order chi connectivity index (χ1) is 7.97. The Morgan fingerprint density at radius 2 is 2.12 bits per heavy atom. The van der Waals surface area contributed by atoms with Crippen LogP contribution in [0.1, 0.15) is 20.3 Å². The minimum Gasteiger partial charge on any atom is -0.384 e. The molecule has 1 aromatic rings. The summed E-state index contributed by atoms with van der Waals surface area (Å²) in [6, 6.07) is 2.03. The topological polar surface area (TPSA) is 67.1 Å². The number of hydrogen-bond donors (Lipinski definition) is 2. The third-order valence-corrected chi connectivity index (χ3v) is 2.35. The minimum atomic E-state index is 0.340. The van der Waals surface area contributed by atoms with Gasteiger partial charge in [-0.3, -0.25) is 0 Å². The molecule has 0 aromatic carbocycles. The summed E-state index contributed by atoms with van der Waals surface area (Å²) < 4.78 is 0. The predicted octanol–water partition coefficient (Wildman–Crippen LogP) is 1.45. The summed E-state index contributed by atoms with van der Waals surface area (Å²) in [5, 5.41) is 3.34. The van der Waals surface area contributed by atoms with Gasteiger partial charge in [0.1, 0.15) is 5.82 Å². The van der Waals surface area contributed by atoms with Crippen molar-refractivity contribution in [3.8, 4) is 0 Å². The fourth-order valence-corrected chi connectivity index (χ4v) is 1.81. The average molecular weight is 237 g/mol. The maximum Gasteiger partial charge on any atom is 0.224 e. The van der Waals surface area contributed by atoms with Gasteiger partial charge in [-0.2, -0.15) is 4.98 Å². The van der Waals surface area contributed by atoms with Crippen LogP contribution < -0.4 is 11.1 Å². The quantitative estimate of drug-likeness (QED) is 0.784. The highest BCUT2D eigenvalue weighted by Crippen LogP contribution is 2.11. The van der Waals surface area contributed by atoms with Crippen LogP contribution in [0.3, 0.4) is 0 Å². The maximum atomic E-state index is 5.64. The molecule has 0 bridgehead atoms. The molecule has 5 heteroatoms. The Balaban J connectivity index is 2.64. The van der Waals surface area contributed by atoms with Crippen molar-refractivity contribution in [2.45, 2.75) is 26.3 Å². The van der Waals surface area contributed by atoms with Crippen LogP contribution in [0.5, 0.6) is 0 Å². The fourth-order valence-electron chi connectivity index (χ4n) is 1.81. The van der Waals surface area contributed by atoms with Crippen molar-refractivity contribution >= 4 is 11.8 Å².